The summed E-state index contributed by atoms with van der Waals surface area (Å²) in [7, 11) is 0. The number of fused-ring (bicyclic) bond motifs is 1. The van der Waals surface area contributed by atoms with Gasteiger partial charge in [-0.2, -0.15) is 0 Å². The molecule has 4 rings (SSSR count). The molecule has 3 aromatic rings. The van der Waals surface area contributed by atoms with Gasteiger partial charge in [-0.05, 0) is 36.5 Å². The molecule has 0 fully saturated rings. The number of carbonyl (C=O) groups excluding carboxylic acids is 2. The molecule has 1 aliphatic rings. The van der Waals surface area contributed by atoms with Crippen molar-refractivity contribution >= 4 is 33.8 Å². The van der Waals surface area contributed by atoms with Gasteiger partial charge in [-0.15, -0.1) is 11.3 Å². The van der Waals surface area contributed by atoms with E-state index in [-0.39, 0.29) is 12.3 Å². The molecule has 2 aromatic carbocycles. The largest absolute Gasteiger partial charge is 0.483 e. The van der Waals surface area contributed by atoms with Gasteiger partial charge in [0.25, 0.3) is 17.5 Å². The molecule has 32 heavy (non-hydrogen) atoms. The van der Waals surface area contributed by atoms with Gasteiger partial charge in [-0.1, -0.05) is 30.3 Å². The first-order valence-corrected chi connectivity index (χ1v) is 10.9. The van der Waals surface area contributed by atoms with Crippen LogP contribution in [0.4, 0.5) is 10.7 Å². The van der Waals surface area contributed by atoms with Gasteiger partial charge in [0, 0.05) is 29.0 Å². The molecule has 0 atom stereocenters. The van der Waals surface area contributed by atoms with Gasteiger partial charge in [-0.3, -0.25) is 19.7 Å². The van der Waals surface area contributed by atoms with Gasteiger partial charge in [0.15, 0.2) is 6.61 Å². The highest BCUT2D eigenvalue weighted by molar-refractivity contribution is 7.17. The minimum Gasteiger partial charge on any atom is -0.483 e. The molecule has 2 amide bonds. The molecule has 1 aliphatic carbocycles. The molecule has 1 aromatic heterocycles. The first-order valence-electron chi connectivity index (χ1n) is 10.1. The predicted molar refractivity (Wildman–Crippen MR) is 121 cm³/mol. The highest BCUT2D eigenvalue weighted by Gasteiger charge is 2.26. The maximum atomic E-state index is 12.5. The number of nitro groups is 1. The van der Waals surface area contributed by atoms with E-state index in [0.717, 1.165) is 35.3 Å². The molecule has 3 N–H and O–H groups in total. The zero-order valence-corrected chi connectivity index (χ0v) is 17.9. The molecule has 0 radical (unpaired) electrons. The minimum atomic E-state index is -0.555. The average molecular weight is 452 g/mol. The Hall–Kier alpha value is -3.72. The van der Waals surface area contributed by atoms with Crippen LogP contribution < -0.4 is 15.8 Å². The summed E-state index contributed by atoms with van der Waals surface area (Å²) in [5, 5.41) is 14.4. The number of hydrogen-bond acceptors (Lipinski definition) is 6. The van der Waals surface area contributed by atoms with Gasteiger partial charge < -0.3 is 15.8 Å². The number of nitrogens with one attached hydrogen (secondary N) is 1. The number of nitrogens with zero attached hydrogens (tertiary/aromatic N) is 1. The molecule has 9 heteroatoms. The SMILES string of the molecule is NC(=O)c1c(NC(=O)COc2ccc([N+](=O)[O-])cc2Cc2ccccc2)sc2c1CCC2. The number of anilines is 1. The lowest BCUT2D eigenvalue weighted by molar-refractivity contribution is -0.384. The van der Waals surface area contributed by atoms with Crippen molar-refractivity contribution < 1.29 is 19.2 Å². The van der Waals surface area contributed by atoms with Crippen LogP contribution in [-0.4, -0.2) is 23.3 Å². The summed E-state index contributed by atoms with van der Waals surface area (Å²) in [5.74, 6) is -0.601. The van der Waals surface area contributed by atoms with E-state index in [2.05, 4.69) is 5.32 Å². The molecule has 1 heterocycles. The summed E-state index contributed by atoms with van der Waals surface area (Å²) >= 11 is 1.37. The van der Waals surface area contributed by atoms with Gasteiger partial charge in [0.2, 0.25) is 0 Å². The van der Waals surface area contributed by atoms with Crippen LogP contribution in [0.15, 0.2) is 48.5 Å². The van der Waals surface area contributed by atoms with E-state index in [1.165, 1.54) is 29.5 Å². The Morgan fingerprint density at radius 1 is 1.16 bits per heavy atom. The van der Waals surface area contributed by atoms with Gasteiger partial charge in [0.05, 0.1) is 10.5 Å². The van der Waals surface area contributed by atoms with E-state index in [9.17, 15) is 19.7 Å². The van der Waals surface area contributed by atoms with Gasteiger partial charge in [0.1, 0.15) is 10.8 Å². The number of carbonyl (C=O) groups is 2. The summed E-state index contributed by atoms with van der Waals surface area (Å²) in [6.07, 6.45) is 3.05. The van der Waals surface area contributed by atoms with Crippen molar-refractivity contribution in [2.24, 2.45) is 5.73 Å². The number of thiophene rings is 1. The maximum Gasteiger partial charge on any atom is 0.269 e. The van der Waals surface area contributed by atoms with Gasteiger partial charge >= 0.3 is 0 Å². The van der Waals surface area contributed by atoms with Crippen molar-refractivity contribution in [2.45, 2.75) is 25.7 Å². The lowest BCUT2D eigenvalue weighted by Crippen LogP contribution is -2.22. The van der Waals surface area contributed by atoms with E-state index in [0.29, 0.717) is 28.3 Å². The standard InChI is InChI=1S/C23H21N3O5S/c24-22(28)21-17-7-4-8-19(17)32-23(21)25-20(27)13-31-18-10-9-16(26(29)30)12-15(18)11-14-5-2-1-3-6-14/h1-3,5-6,9-10,12H,4,7-8,11,13H2,(H2,24,28)(H,25,27). The van der Waals surface area contributed by atoms with E-state index < -0.39 is 16.7 Å². The molecule has 8 nitrogen and oxygen atoms in total. The minimum absolute atomic E-state index is 0.0491. The summed E-state index contributed by atoms with van der Waals surface area (Å²) in [4.78, 5) is 36.3. The van der Waals surface area contributed by atoms with E-state index in [1.54, 1.807) is 0 Å². The second-order valence-electron chi connectivity index (χ2n) is 7.47. The number of aryl methyl sites for hydroxylation is 1. The first kappa shape index (κ1) is 21.5. The van der Waals surface area contributed by atoms with Crippen molar-refractivity contribution in [3.63, 3.8) is 0 Å². The van der Waals surface area contributed by atoms with Crippen LogP contribution in [0.3, 0.4) is 0 Å². The van der Waals surface area contributed by atoms with Crippen molar-refractivity contribution in [3.05, 3.63) is 85.8 Å². The Balaban J connectivity index is 1.49. The molecule has 0 saturated carbocycles. The third-order valence-electron chi connectivity index (χ3n) is 5.27. The summed E-state index contributed by atoms with van der Waals surface area (Å²) in [5.41, 5.74) is 8.36. The van der Waals surface area contributed by atoms with Crippen LogP contribution in [0.2, 0.25) is 0 Å². The molecule has 0 bridgehead atoms. The lowest BCUT2D eigenvalue weighted by Gasteiger charge is -2.12. The van der Waals surface area contributed by atoms with Crippen molar-refractivity contribution in [1.29, 1.82) is 0 Å². The Bertz CT molecular complexity index is 1190. The van der Waals surface area contributed by atoms with Gasteiger partial charge in [-0.25, -0.2) is 0 Å². The number of amides is 2. The topological polar surface area (TPSA) is 125 Å². The van der Waals surface area contributed by atoms with Crippen LogP contribution in [0, 0.1) is 10.1 Å². The van der Waals surface area contributed by atoms with Crippen molar-refractivity contribution in [3.8, 4) is 5.75 Å². The predicted octanol–water partition coefficient (Wildman–Crippen LogP) is 3.85. The molecule has 164 valence electrons. The maximum absolute atomic E-state index is 12.5. The van der Waals surface area contributed by atoms with Crippen LogP contribution in [-0.2, 0) is 24.1 Å². The highest BCUT2D eigenvalue weighted by Crippen LogP contribution is 2.38. The van der Waals surface area contributed by atoms with Crippen LogP contribution >= 0.6 is 11.3 Å². The number of hydrogen-bond donors (Lipinski definition) is 2. The third kappa shape index (κ3) is 4.62. The number of nitro benzene ring substituents is 1. The second-order valence-corrected chi connectivity index (χ2v) is 8.58. The zero-order chi connectivity index (χ0) is 22.7. The fraction of sp³-hybridized carbons (Fsp3) is 0.217. The van der Waals surface area contributed by atoms with Crippen LogP contribution in [0.1, 0.15) is 38.3 Å². The van der Waals surface area contributed by atoms with Crippen molar-refractivity contribution in [1.82, 2.24) is 0 Å². The smallest absolute Gasteiger partial charge is 0.269 e. The van der Waals surface area contributed by atoms with E-state index in [4.69, 9.17) is 10.5 Å². The Morgan fingerprint density at radius 3 is 2.66 bits per heavy atom. The molecular formula is C23H21N3O5S. The normalized spacial score (nSPS) is 12.2. The fourth-order valence-electron chi connectivity index (χ4n) is 3.83. The quantitative estimate of drug-likeness (QED) is 0.398. The van der Waals surface area contributed by atoms with Crippen LogP contribution in [0.5, 0.6) is 5.75 Å². The number of non-ortho nitro benzene ring substituents is 1. The lowest BCUT2D eigenvalue weighted by atomic mass is 10.0. The molecule has 0 spiro atoms. The number of nitrogens with two attached hydrogens (primary N) is 1. The van der Waals surface area contributed by atoms with E-state index >= 15 is 0 Å². The number of ether oxygens (including phenoxy) is 1. The number of rotatable bonds is 8. The van der Waals surface area contributed by atoms with Crippen LogP contribution in [0.25, 0.3) is 0 Å². The average Bonchev–Trinajstić information content (AvgIpc) is 3.34. The van der Waals surface area contributed by atoms with E-state index in [1.807, 2.05) is 30.3 Å². The Morgan fingerprint density at radius 2 is 1.94 bits per heavy atom. The molecule has 0 aliphatic heterocycles. The molecular weight excluding hydrogens is 430 g/mol. The fourth-order valence-corrected chi connectivity index (χ4v) is 5.14. The Labute approximate surface area is 188 Å². The Kier molecular flexibility index (Phi) is 6.18. The summed E-state index contributed by atoms with van der Waals surface area (Å²) < 4.78 is 5.71. The second kappa shape index (κ2) is 9.19. The number of benzene rings is 2. The number of primary amides is 1. The zero-order valence-electron chi connectivity index (χ0n) is 17.1. The monoisotopic (exact) mass is 451 g/mol. The highest BCUT2D eigenvalue weighted by atomic mass is 32.1. The molecule has 0 unspecified atom stereocenters. The third-order valence-corrected chi connectivity index (χ3v) is 6.48. The van der Waals surface area contributed by atoms with Crippen molar-refractivity contribution in [2.75, 3.05) is 11.9 Å². The first-order chi connectivity index (χ1) is 15.4. The summed E-state index contributed by atoms with van der Waals surface area (Å²) in [6, 6.07) is 13.8. The molecule has 0 saturated heterocycles. The summed E-state index contributed by atoms with van der Waals surface area (Å²) in [6.45, 7) is -0.305.